The summed E-state index contributed by atoms with van der Waals surface area (Å²) in [5.74, 6) is -1.08. The molecule has 0 aromatic heterocycles. The van der Waals surface area contributed by atoms with Gasteiger partial charge in [-0.2, -0.15) is 0 Å². The van der Waals surface area contributed by atoms with E-state index in [0.717, 1.165) is 11.8 Å². The number of nitrogens with zero attached hydrogens (tertiary/aromatic N) is 2. The summed E-state index contributed by atoms with van der Waals surface area (Å²) in [6, 6.07) is 4.98. The van der Waals surface area contributed by atoms with Crippen molar-refractivity contribution in [1.29, 1.82) is 0 Å². The van der Waals surface area contributed by atoms with E-state index in [-0.39, 0.29) is 12.3 Å². The van der Waals surface area contributed by atoms with E-state index < -0.39 is 16.0 Å². The number of hydrogen-bond donors (Lipinski definition) is 1. The molecule has 23 heavy (non-hydrogen) atoms. The third-order valence-corrected chi connectivity index (χ3v) is 4.99. The van der Waals surface area contributed by atoms with Gasteiger partial charge >= 0.3 is 5.97 Å². The van der Waals surface area contributed by atoms with E-state index in [1.54, 1.807) is 25.2 Å². The highest BCUT2D eigenvalue weighted by atomic mass is 32.2. The summed E-state index contributed by atoms with van der Waals surface area (Å²) in [6.45, 7) is 0.748. The molecule has 0 aliphatic carbocycles. The summed E-state index contributed by atoms with van der Waals surface area (Å²) in [5, 5.41) is 8.62. The Labute approximate surface area is 135 Å². The molecule has 1 heterocycles. The maximum absolute atomic E-state index is 12.3. The molecule has 126 valence electrons. The quantitative estimate of drug-likeness (QED) is 0.832. The lowest BCUT2D eigenvalue weighted by Gasteiger charge is -2.18. The van der Waals surface area contributed by atoms with Crippen LogP contribution in [0.4, 0.5) is 5.69 Å². The molecule has 0 radical (unpaired) electrons. The topological polar surface area (TPSA) is 95.0 Å². The summed E-state index contributed by atoms with van der Waals surface area (Å²) in [7, 11) is -1.68. The number of fused-ring (bicyclic) bond motifs is 1. The molecular weight excluding hydrogens is 320 g/mol. The number of carbonyl (C=O) groups excluding carboxylic acids is 1. The van der Waals surface area contributed by atoms with Crippen LogP contribution in [0.5, 0.6) is 0 Å². The van der Waals surface area contributed by atoms with Gasteiger partial charge < -0.3 is 10.0 Å². The zero-order valence-electron chi connectivity index (χ0n) is 13.2. The molecule has 1 amide bonds. The van der Waals surface area contributed by atoms with Crippen LogP contribution in [0.15, 0.2) is 18.2 Å². The molecule has 0 atom stereocenters. The van der Waals surface area contributed by atoms with Crippen LogP contribution in [0.2, 0.25) is 0 Å². The Morgan fingerprint density at radius 1 is 1.35 bits per heavy atom. The van der Waals surface area contributed by atoms with Crippen molar-refractivity contribution in [2.75, 3.05) is 30.7 Å². The summed E-state index contributed by atoms with van der Waals surface area (Å²) in [5.41, 5.74) is 1.94. The summed E-state index contributed by atoms with van der Waals surface area (Å²) in [6.07, 6.45) is 2.15. The Balaban J connectivity index is 2.11. The molecule has 0 unspecified atom stereocenters. The van der Waals surface area contributed by atoms with Crippen LogP contribution in [0.1, 0.15) is 28.8 Å². The molecule has 0 spiro atoms. The van der Waals surface area contributed by atoms with Crippen molar-refractivity contribution in [3.05, 3.63) is 29.3 Å². The zero-order chi connectivity index (χ0) is 17.2. The Morgan fingerprint density at radius 2 is 2.04 bits per heavy atom. The van der Waals surface area contributed by atoms with E-state index in [1.165, 1.54) is 9.21 Å². The molecule has 1 N–H and O–H groups in total. The van der Waals surface area contributed by atoms with Crippen molar-refractivity contribution in [2.45, 2.75) is 19.3 Å². The van der Waals surface area contributed by atoms with Crippen LogP contribution >= 0.6 is 0 Å². The lowest BCUT2D eigenvalue weighted by molar-refractivity contribution is -0.137. The monoisotopic (exact) mass is 340 g/mol. The highest BCUT2D eigenvalue weighted by molar-refractivity contribution is 7.92. The number of carboxylic acid groups (broad SMARTS) is 1. The fourth-order valence-corrected chi connectivity index (χ4v) is 3.60. The summed E-state index contributed by atoms with van der Waals surface area (Å²) >= 11 is 0. The van der Waals surface area contributed by atoms with Gasteiger partial charge in [0, 0.05) is 32.1 Å². The lowest BCUT2D eigenvalue weighted by Crippen LogP contribution is -2.28. The zero-order valence-corrected chi connectivity index (χ0v) is 14.0. The molecular formula is C15H20N2O5S. The molecule has 0 saturated carbocycles. The van der Waals surface area contributed by atoms with Crippen LogP contribution < -0.4 is 4.31 Å². The minimum absolute atomic E-state index is 0.0190. The molecule has 1 aromatic rings. The van der Waals surface area contributed by atoms with E-state index >= 15 is 0 Å². The fraction of sp³-hybridized carbons (Fsp3) is 0.467. The van der Waals surface area contributed by atoms with Crippen LogP contribution in [0.3, 0.4) is 0 Å². The normalized spacial score (nSPS) is 13.7. The maximum Gasteiger partial charge on any atom is 0.303 e. The molecule has 0 fully saturated rings. The lowest BCUT2D eigenvalue weighted by atomic mass is 10.1. The van der Waals surface area contributed by atoms with Crippen molar-refractivity contribution in [1.82, 2.24) is 4.90 Å². The molecule has 0 saturated heterocycles. The molecule has 8 heteroatoms. The predicted molar refractivity (Wildman–Crippen MR) is 86.2 cm³/mol. The van der Waals surface area contributed by atoms with Gasteiger partial charge in [0.15, 0.2) is 0 Å². The average Bonchev–Trinajstić information content (AvgIpc) is 2.88. The van der Waals surface area contributed by atoms with E-state index in [1.807, 2.05) is 0 Å². The van der Waals surface area contributed by atoms with Gasteiger partial charge in [-0.05, 0) is 36.6 Å². The minimum Gasteiger partial charge on any atom is -0.481 e. The second kappa shape index (κ2) is 6.57. The maximum atomic E-state index is 12.3. The summed E-state index contributed by atoms with van der Waals surface area (Å²) in [4.78, 5) is 24.3. The largest absolute Gasteiger partial charge is 0.481 e. The highest BCUT2D eigenvalue weighted by Gasteiger charge is 2.27. The number of benzene rings is 1. The van der Waals surface area contributed by atoms with Crippen LogP contribution in [0.25, 0.3) is 0 Å². The average molecular weight is 340 g/mol. The Kier molecular flexibility index (Phi) is 4.93. The van der Waals surface area contributed by atoms with E-state index in [9.17, 15) is 18.0 Å². The standard InChI is InChI=1S/C15H20N2O5S/c1-16(8-3-4-14(18)19)15(20)12-5-6-13-11(10-12)7-9-17(13)23(2,21)22/h5-6,10H,3-4,7-9H2,1-2H3,(H,18,19). The Bertz CT molecular complexity index is 729. The van der Waals surface area contributed by atoms with Crippen LogP contribution in [-0.2, 0) is 21.2 Å². The summed E-state index contributed by atoms with van der Waals surface area (Å²) < 4.78 is 24.7. The van der Waals surface area contributed by atoms with Gasteiger partial charge in [-0.3, -0.25) is 13.9 Å². The number of carbonyl (C=O) groups is 2. The number of aliphatic carboxylic acids is 1. The highest BCUT2D eigenvalue weighted by Crippen LogP contribution is 2.30. The molecule has 1 aliphatic heterocycles. The second-order valence-electron chi connectivity index (χ2n) is 5.65. The van der Waals surface area contributed by atoms with E-state index in [2.05, 4.69) is 0 Å². The van der Waals surface area contributed by atoms with Crippen molar-refractivity contribution in [2.24, 2.45) is 0 Å². The predicted octanol–water partition coefficient (Wildman–Crippen LogP) is 0.946. The number of hydrogen-bond acceptors (Lipinski definition) is 4. The first-order valence-electron chi connectivity index (χ1n) is 7.28. The number of sulfonamides is 1. The molecule has 7 nitrogen and oxygen atoms in total. The first-order valence-corrected chi connectivity index (χ1v) is 9.13. The minimum atomic E-state index is -3.30. The third kappa shape index (κ3) is 4.01. The third-order valence-electron chi connectivity index (χ3n) is 3.81. The van der Waals surface area contributed by atoms with Crippen molar-refractivity contribution < 1.29 is 23.1 Å². The number of anilines is 1. The van der Waals surface area contributed by atoms with Gasteiger partial charge in [-0.25, -0.2) is 8.42 Å². The van der Waals surface area contributed by atoms with Gasteiger partial charge in [-0.15, -0.1) is 0 Å². The van der Waals surface area contributed by atoms with Gasteiger partial charge in [0.1, 0.15) is 0 Å². The van der Waals surface area contributed by atoms with Crippen LogP contribution in [0, 0.1) is 0 Å². The van der Waals surface area contributed by atoms with E-state index in [0.29, 0.717) is 37.2 Å². The Morgan fingerprint density at radius 3 is 2.65 bits per heavy atom. The number of rotatable bonds is 6. The second-order valence-corrected chi connectivity index (χ2v) is 7.56. The van der Waals surface area contributed by atoms with Crippen LogP contribution in [-0.4, -0.2) is 56.7 Å². The first-order chi connectivity index (χ1) is 10.7. The first kappa shape index (κ1) is 17.3. The SMILES string of the molecule is CN(CCCC(=O)O)C(=O)c1ccc2c(c1)CCN2S(C)(=O)=O. The molecule has 0 bridgehead atoms. The smallest absolute Gasteiger partial charge is 0.303 e. The molecule has 2 rings (SSSR count). The van der Waals surface area contributed by atoms with Gasteiger partial charge in [0.25, 0.3) is 5.91 Å². The number of carboxylic acids is 1. The van der Waals surface area contributed by atoms with Gasteiger partial charge in [0.2, 0.25) is 10.0 Å². The number of amides is 1. The van der Waals surface area contributed by atoms with Crippen molar-refractivity contribution in [3.8, 4) is 0 Å². The van der Waals surface area contributed by atoms with Crippen molar-refractivity contribution >= 4 is 27.6 Å². The Hall–Kier alpha value is -2.09. The van der Waals surface area contributed by atoms with E-state index in [4.69, 9.17) is 5.11 Å². The molecule has 1 aliphatic rings. The van der Waals surface area contributed by atoms with Gasteiger partial charge in [-0.1, -0.05) is 0 Å². The van der Waals surface area contributed by atoms with Crippen molar-refractivity contribution in [3.63, 3.8) is 0 Å². The molecule has 1 aromatic carbocycles. The fourth-order valence-electron chi connectivity index (χ4n) is 2.64. The van der Waals surface area contributed by atoms with Gasteiger partial charge in [0.05, 0.1) is 11.9 Å².